The van der Waals surface area contributed by atoms with Crippen molar-refractivity contribution in [1.82, 2.24) is 8.87 Å². The third-order valence-electron chi connectivity index (χ3n) is 7.40. The third-order valence-corrected chi connectivity index (χ3v) is 9.29. The summed E-state index contributed by atoms with van der Waals surface area (Å²) in [7, 11) is -1.42. The molecule has 9 heteroatoms. The van der Waals surface area contributed by atoms with Crippen LogP contribution in [0.5, 0.6) is 5.75 Å². The Labute approximate surface area is 229 Å². The zero-order valence-corrected chi connectivity index (χ0v) is 23.8. The molecule has 7 nitrogen and oxygen atoms in total. The normalized spacial score (nSPS) is 19.7. The van der Waals surface area contributed by atoms with Crippen LogP contribution in [0.2, 0.25) is 0 Å². The lowest BCUT2D eigenvalue weighted by Gasteiger charge is -2.15. The van der Waals surface area contributed by atoms with Crippen LogP contribution in [0.4, 0.5) is 5.69 Å². The van der Waals surface area contributed by atoms with Crippen LogP contribution in [-0.2, 0) is 23.6 Å². The minimum atomic E-state index is -3.45. The molecule has 3 aliphatic rings. The average Bonchev–Trinajstić information content (AvgIpc) is 3.63. The van der Waals surface area contributed by atoms with Gasteiger partial charge in [0.25, 0.3) is 5.82 Å². The van der Waals surface area contributed by atoms with Crippen LogP contribution in [0, 0.1) is 6.92 Å². The molecular weight excluding hydrogens is 587 g/mol. The Morgan fingerprint density at radius 3 is 2.58 bits per heavy atom. The number of imidazole rings is 1. The van der Waals surface area contributed by atoms with Crippen LogP contribution in [-0.4, -0.2) is 36.9 Å². The first-order chi connectivity index (χ1) is 16.9. The van der Waals surface area contributed by atoms with Crippen LogP contribution in [0.25, 0.3) is 16.6 Å². The molecule has 1 fully saturated rings. The summed E-state index contributed by atoms with van der Waals surface area (Å²) in [6.45, 7) is 7.15. The number of hydrogen-bond acceptors (Lipinski definition) is 4. The Balaban J connectivity index is 0.00000267. The maximum Gasteiger partial charge on any atom is 0.285 e. The first-order valence-corrected chi connectivity index (χ1v) is 13.8. The number of aromatic nitrogens is 2. The van der Waals surface area contributed by atoms with Crippen molar-refractivity contribution in [1.29, 1.82) is 0 Å². The topological polar surface area (TPSA) is 58.7 Å². The molecule has 0 bridgehead atoms. The lowest BCUT2D eigenvalue weighted by Crippen LogP contribution is -3.00. The first kappa shape index (κ1) is 25.3. The van der Waals surface area contributed by atoms with E-state index in [1.807, 2.05) is 25.2 Å². The Morgan fingerprint density at radius 2 is 1.83 bits per heavy atom. The summed E-state index contributed by atoms with van der Waals surface area (Å²) >= 11 is 0. The van der Waals surface area contributed by atoms with Gasteiger partial charge in [-0.05, 0) is 68.7 Å². The van der Waals surface area contributed by atoms with Gasteiger partial charge < -0.3 is 33.6 Å². The summed E-state index contributed by atoms with van der Waals surface area (Å²) < 4.78 is 38.4. The Hall–Kier alpha value is -2.37. The number of nitrogens with zero attached hydrogens (tertiary/aromatic N) is 4. The molecule has 0 N–H and O–H groups in total. The largest absolute Gasteiger partial charge is 1.00 e. The number of aryl methyl sites for hydroxylation is 3. The van der Waals surface area contributed by atoms with Crippen molar-refractivity contribution in [3.63, 3.8) is 0 Å². The van der Waals surface area contributed by atoms with Gasteiger partial charge in [0.1, 0.15) is 0 Å². The molecule has 0 amide bonds. The Morgan fingerprint density at radius 1 is 1.06 bits per heavy atom. The van der Waals surface area contributed by atoms with E-state index >= 15 is 0 Å². The fourth-order valence-electron chi connectivity index (χ4n) is 5.60. The number of hydrogen-bond donors (Lipinski definition) is 0. The lowest BCUT2D eigenvalue weighted by atomic mass is 10.2. The van der Waals surface area contributed by atoms with E-state index in [4.69, 9.17) is 4.74 Å². The van der Waals surface area contributed by atoms with E-state index in [0.29, 0.717) is 18.0 Å². The SMILES string of the molecule is CCN1C(=CC=C2CCn3c2[n+](C)c2cc(S(=O)(=O)N4CCCC4)ccc23)Oc2ccc(C)cc21.[I-]. The van der Waals surface area contributed by atoms with Gasteiger partial charge in [0.2, 0.25) is 15.9 Å². The number of rotatable bonds is 4. The van der Waals surface area contributed by atoms with Gasteiger partial charge in [0, 0.05) is 37.7 Å². The number of sulfonamides is 1. The van der Waals surface area contributed by atoms with Gasteiger partial charge in [-0.15, -0.1) is 0 Å². The second-order valence-corrected chi connectivity index (χ2v) is 11.5. The van der Waals surface area contributed by atoms with E-state index in [-0.39, 0.29) is 24.0 Å². The molecule has 2 aromatic carbocycles. The standard InChI is InChI=1S/C27H31N4O3S.HI/c1-4-30-24-17-19(2)7-11-25(24)34-26(30)12-8-20-13-16-31-22-10-9-21(18-23(22)28(3)27(20)31)35(32,33)29-14-5-6-15-29;/h7-12,17-18H,4-6,13-16H2,1-3H3;1H/q+1;/p-1. The minimum absolute atomic E-state index is 0. The third kappa shape index (κ3) is 3.95. The summed E-state index contributed by atoms with van der Waals surface area (Å²) in [4.78, 5) is 2.57. The summed E-state index contributed by atoms with van der Waals surface area (Å²) in [6, 6.07) is 11.8. The number of halogens is 1. The number of ether oxygens (including phenoxy) is 1. The van der Waals surface area contributed by atoms with Crippen molar-refractivity contribution >= 4 is 32.3 Å². The molecule has 3 aromatic rings. The molecule has 4 heterocycles. The molecule has 0 saturated carbocycles. The molecule has 0 atom stereocenters. The van der Waals surface area contributed by atoms with E-state index in [1.54, 1.807) is 10.4 Å². The summed E-state index contributed by atoms with van der Waals surface area (Å²) in [5, 5.41) is 0. The molecule has 1 aromatic heterocycles. The number of allylic oxidation sites excluding steroid dienone is 3. The molecule has 0 aliphatic carbocycles. The average molecular weight is 619 g/mol. The maximum atomic E-state index is 13.1. The van der Waals surface area contributed by atoms with E-state index in [2.05, 4.69) is 52.2 Å². The molecule has 0 spiro atoms. The molecule has 36 heavy (non-hydrogen) atoms. The zero-order chi connectivity index (χ0) is 24.3. The molecule has 3 aliphatic heterocycles. The van der Waals surface area contributed by atoms with Crippen LogP contribution < -0.4 is 38.2 Å². The van der Waals surface area contributed by atoms with Gasteiger partial charge >= 0.3 is 0 Å². The van der Waals surface area contributed by atoms with Gasteiger partial charge in [0.15, 0.2) is 16.8 Å². The number of anilines is 1. The van der Waals surface area contributed by atoms with Crippen molar-refractivity contribution in [3.8, 4) is 5.75 Å². The number of benzene rings is 2. The second kappa shape index (κ2) is 9.50. The smallest absolute Gasteiger partial charge is 0.285 e. The number of fused-ring (bicyclic) bond motifs is 4. The molecule has 190 valence electrons. The highest BCUT2D eigenvalue weighted by Gasteiger charge is 2.34. The zero-order valence-electron chi connectivity index (χ0n) is 20.9. The van der Waals surface area contributed by atoms with Crippen molar-refractivity contribution < 1.29 is 41.7 Å². The Bertz CT molecular complexity index is 1520. The monoisotopic (exact) mass is 618 g/mol. The van der Waals surface area contributed by atoms with Crippen molar-refractivity contribution in [2.24, 2.45) is 7.05 Å². The van der Waals surface area contributed by atoms with E-state index < -0.39 is 10.0 Å². The van der Waals surface area contributed by atoms with Crippen molar-refractivity contribution in [3.05, 3.63) is 65.8 Å². The summed E-state index contributed by atoms with van der Waals surface area (Å²) in [5.41, 5.74) is 5.54. The predicted octanol–water partition coefficient (Wildman–Crippen LogP) is 1.11. The predicted molar refractivity (Wildman–Crippen MR) is 137 cm³/mol. The fraction of sp³-hybridized carbons (Fsp3) is 0.370. The lowest BCUT2D eigenvalue weighted by molar-refractivity contribution is -0.647. The minimum Gasteiger partial charge on any atom is -1.00 e. The van der Waals surface area contributed by atoms with Gasteiger partial charge in [-0.1, -0.05) is 6.07 Å². The molecule has 0 radical (unpaired) electrons. The highest BCUT2D eigenvalue weighted by atomic mass is 127. The van der Waals surface area contributed by atoms with E-state index in [9.17, 15) is 8.42 Å². The molecular formula is C27H31IN4O3S. The second-order valence-electron chi connectivity index (χ2n) is 9.56. The first-order valence-electron chi connectivity index (χ1n) is 12.4. The molecule has 1 saturated heterocycles. The van der Waals surface area contributed by atoms with E-state index in [0.717, 1.165) is 66.5 Å². The quantitative estimate of drug-likeness (QED) is 0.325. The van der Waals surface area contributed by atoms with Crippen molar-refractivity contribution in [2.45, 2.75) is 44.6 Å². The van der Waals surface area contributed by atoms with Gasteiger partial charge in [-0.3, -0.25) is 0 Å². The highest BCUT2D eigenvalue weighted by molar-refractivity contribution is 7.89. The van der Waals surface area contributed by atoms with Crippen LogP contribution in [0.3, 0.4) is 0 Å². The van der Waals surface area contributed by atoms with Crippen LogP contribution in [0.1, 0.15) is 37.6 Å². The fourth-order valence-corrected chi connectivity index (χ4v) is 7.14. The van der Waals surface area contributed by atoms with Gasteiger partial charge in [-0.2, -0.15) is 4.31 Å². The Kier molecular flexibility index (Phi) is 6.67. The summed E-state index contributed by atoms with van der Waals surface area (Å²) in [5.74, 6) is 2.83. The van der Waals surface area contributed by atoms with Gasteiger partial charge in [-0.25, -0.2) is 17.6 Å². The van der Waals surface area contributed by atoms with Crippen LogP contribution >= 0.6 is 0 Å². The van der Waals surface area contributed by atoms with E-state index in [1.165, 1.54) is 11.1 Å². The summed E-state index contributed by atoms with van der Waals surface area (Å²) in [6.07, 6.45) is 7.00. The molecule has 6 rings (SSSR count). The van der Waals surface area contributed by atoms with Crippen molar-refractivity contribution in [2.75, 3.05) is 24.5 Å². The van der Waals surface area contributed by atoms with Gasteiger partial charge in [0.05, 0.1) is 24.2 Å². The van der Waals surface area contributed by atoms with Crippen LogP contribution in [0.15, 0.2) is 59.3 Å². The molecule has 0 unspecified atom stereocenters. The highest BCUT2D eigenvalue weighted by Crippen LogP contribution is 2.40. The maximum absolute atomic E-state index is 13.1.